The first-order valence-electron chi connectivity index (χ1n) is 5.12. The number of rotatable bonds is 3. The fourth-order valence-corrected chi connectivity index (χ4v) is 1.90. The van der Waals surface area contributed by atoms with Gasteiger partial charge in [-0.1, -0.05) is 13.8 Å². The summed E-state index contributed by atoms with van der Waals surface area (Å²) in [6, 6.07) is 0.414. The largest absolute Gasteiger partial charge is 0.395 e. The van der Waals surface area contributed by atoms with E-state index in [0.29, 0.717) is 12.6 Å². The lowest BCUT2D eigenvalue weighted by Crippen LogP contribution is -2.42. The van der Waals surface area contributed by atoms with Crippen molar-refractivity contribution in [1.29, 1.82) is 0 Å². The van der Waals surface area contributed by atoms with Crippen LogP contribution in [-0.4, -0.2) is 35.7 Å². The molecule has 1 aliphatic heterocycles. The normalized spacial score (nSPS) is 24.2. The molecular formula is C10H21NO. The van der Waals surface area contributed by atoms with Crippen LogP contribution in [0, 0.1) is 5.92 Å². The van der Waals surface area contributed by atoms with Crippen LogP contribution in [0.15, 0.2) is 0 Å². The molecule has 0 bridgehead atoms. The van der Waals surface area contributed by atoms with Crippen LogP contribution in [0.4, 0.5) is 0 Å². The lowest BCUT2D eigenvalue weighted by Gasteiger charge is -2.35. The molecular weight excluding hydrogens is 150 g/mol. The lowest BCUT2D eigenvalue weighted by molar-refractivity contribution is 0.0874. The maximum Gasteiger partial charge on any atom is 0.0586 e. The molecule has 0 amide bonds. The van der Waals surface area contributed by atoms with Crippen LogP contribution in [0.5, 0.6) is 0 Å². The molecule has 1 aliphatic rings. The van der Waals surface area contributed by atoms with E-state index in [1.54, 1.807) is 0 Å². The topological polar surface area (TPSA) is 23.5 Å². The molecule has 0 saturated carbocycles. The zero-order chi connectivity index (χ0) is 8.97. The summed E-state index contributed by atoms with van der Waals surface area (Å²) in [6.07, 6.45) is 3.68. The summed E-state index contributed by atoms with van der Waals surface area (Å²) in [5.41, 5.74) is 0. The molecule has 1 rings (SSSR count). The van der Waals surface area contributed by atoms with E-state index in [0.717, 1.165) is 12.3 Å². The average Bonchev–Trinajstić information content (AvgIpc) is 2.10. The van der Waals surface area contributed by atoms with Gasteiger partial charge in [-0.3, -0.25) is 4.90 Å². The van der Waals surface area contributed by atoms with E-state index in [4.69, 9.17) is 5.11 Å². The van der Waals surface area contributed by atoms with Crippen LogP contribution < -0.4 is 0 Å². The Morgan fingerprint density at radius 3 is 2.42 bits per heavy atom. The van der Waals surface area contributed by atoms with E-state index >= 15 is 0 Å². The molecule has 2 heteroatoms. The molecule has 0 unspecified atom stereocenters. The quantitative estimate of drug-likeness (QED) is 0.695. The Bertz CT molecular complexity index is 115. The number of aliphatic hydroxyl groups is 1. The maximum absolute atomic E-state index is 9.10. The van der Waals surface area contributed by atoms with Gasteiger partial charge in [0.05, 0.1) is 6.61 Å². The highest BCUT2D eigenvalue weighted by atomic mass is 16.3. The minimum Gasteiger partial charge on any atom is -0.395 e. The first kappa shape index (κ1) is 10.0. The average molecular weight is 171 g/mol. The molecule has 0 aromatic rings. The Kier molecular flexibility index (Phi) is 4.02. The van der Waals surface area contributed by atoms with Crippen LogP contribution >= 0.6 is 0 Å². The summed E-state index contributed by atoms with van der Waals surface area (Å²) in [7, 11) is 0. The van der Waals surface area contributed by atoms with Crippen LogP contribution in [-0.2, 0) is 0 Å². The van der Waals surface area contributed by atoms with Crippen molar-refractivity contribution in [2.45, 2.75) is 39.2 Å². The van der Waals surface area contributed by atoms with Crippen molar-refractivity contribution in [3.8, 4) is 0 Å². The van der Waals surface area contributed by atoms with Gasteiger partial charge >= 0.3 is 0 Å². The van der Waals surface area contributed by atoms with Gasteiger partial charge in [0.15, 0.2) is 0 Å². The van der Waals surface area contributed by atoms with E-state index in [1.807, 2.05) is 0 Å². The summed E-state index contributed by atoms with van der Waals surface area (Å²) in [5.74, 6) is 0.887. The molecule has 1 heterocycles. The number of piperidine rings is 1. The number of aliphatic hydroxyl groups excluding tert-OH is 1. The first-order chi connectivity index (χ1) is 5.77. The van der Waals surface area contributed by atoms with E-state index in [9.17, 15) is 0 Å². The van der Waals surface area contributed by atoms with Crippen molar-refractivity contribution in [2.24, 2.45) is 5.92 Å². The number of hydrogen-bond donors (Lipinski definition) is 1. The number of nitrogens with zero attached hydrogens (tertiary/aromatic N) is 1. The molecule has 1 saturated heterocycles. The minimum absolute atomic E-state index is 0.324. The van der Waals surface area contributed by atoms with Crippen molar-refractivity contribution < 1.29 is 5.11 Å². The second kappa shape index (κ2) is 4.83. The van der Waals surface area contributed by atoms with Gasteiger partial charge in [-0.05, 0) is 38.3 Å². The SMILES string of the molecule is CC[C@@H](CO)N1CCC(C)CC1. The standard InChI is InChI=1S/C10H21NO/c1-3-10(8-12)11-6-4-9(2)5-7-11/h9-10,12H,3-8H2,1-2H3/t10-/m0/s1. The fraction of sp³-hybridized carbons (Fsp3) is 1.00. The molecule has 2 nitrogen and oxygen atoms in total. The van der Waals surface area contributed by atoms with Gasteiger partial charge in [0.1, 0.15) is 0 Å². The Morgan fingerprint density at radius 1 is 1.42 bits per heavy atom. The van der Waals surface area contributed by atoms with Crippen molar-refractivity contribution in [1.82, 2.24) is 4.90 Å². The van der Waals surface area contributed by atoms with Crippen LogP contribution in [0.2, 0.25) is 0 Å². The van der Waals surface area contributed by atoms with E-state index in [2.05, 4.69) is 18.7 Å². The van der Waals surface area contributed by atoms with Gasteiger partial charge in [-0.2, -0.15) is 0 Å². The van der Waals surface area contributed by atoms with Crippen molar-refractivity contribution in [3.05, 3.63) is 0 Å². The number of likely N-dealkylation sites (tertiary alicyclic amines) is 1. The first-order valence-corrected chi connectivity index (χ1v) is 5.12. The predicted molar refractivity (Wildman–Crippen MR) is 51.1 cm³/mol. The molecule has 72 valence electrons. The molecule has 0 aliphatic carbocycles. The maximum atomic E-state index is 9.10. The predicted octanol–water partition coefficient (Wildman–Crippen LogP) is 1.49. The van der Waals surface area contributed by atoms with Gasteiger partial charge in [0.25, 0.3) is 0 Å². The molecule has 0 radical (unpaired) electrons. The zero-order valence-electron chi connectivity index (χ0n) is 8.29. The summed E-state index contributed by atoms with van der Waals surface area (Å²) in [5, 5.41) is 9.10. The lowest BCUT2D eigenvalue weighted by atomic mass is 9.97. The summed E-state index contributed by atoms with van der Waals surface area (Å²) in [4.78, 5) is 2.43. The second-order valence-corrected chi connectivity index (χ2v) is 3.96. The highest BCUT2D eigenvalue weighted by Crippen LogP contribution is 2.18. The Balaban J connectivity index is 2.32. The fourth-order valence-electron chi connectivity index (χ4n) is 1.90. The molecule has 1 atom stereocenters. The molecule has 12 heavy (non-hydrogen) atoms. The van der Waals surface area contributed by atoms with Crippen molar-refractivity contribution in [3.63, 3.8) is 0 Å². The highest BCUT2D eigenvalue weighted by molar-refractivity contribution is 4.75. The van der Waals surface area contributed by atoms with Gasteiger partial charge in [-0.15, -0.1) is 0 Å². The second-order valence-electron chi connectivity index (χ2n) is 3.96. The highest BCUT2D eigenvalue weighted by Gasteiger charge is 2.20. The smallest absolute Gasteiger partial charge is 0.0586 e. The Hall–Kier alpha value is -0.0800. The molecule has 1 N–H and O–H groups in total. The zero-order valence-corrected chi connectivity index (χ0v) is 8.29. The van der Waals surface area contributed by atoms with Gasteiger partial charge < -0.3 is 5.11 Å². The van der Waals surface area contributed by atoms with Crippen LogP contribution in [0.3, 0.4) is 0 Å². The summed E-state index contributed by atoms with van der Waals surface area (Å²) in [6.45, 7) is 7.15. The molecule has 0 aromatic heterocycles. The number of hydrogen-bond acceptors (Lipinski definition) is 2. The molecule has 0 aromatic carbocycles. The Morgan fingerprint density at radius 2 is 2.00 bits per heavy atom. The Labute approximate surface area is 75.6 Å². The summed E-state index contributed by atoms with van der Waals surface area (Å²) < 4.78 is 0. The third kappa shape index (κ3) is 2.46. The van der Waals surface area contributed by atoms with Crippen molar-refractivity contribution in [2.75, 3.05) is 19.7 Å². The van der Waals surface area contributed by atoms with Crippen molar-refractivity contribution >= 4 is 0 Å². The molecule has 1 fully saturated rings. The van der Waals surface area contributed by atoms with Gasteiger partial charge in [0, 0.05) is 6.04 Å². The van der Waals surface area contributed by atoms with Crippen LogP contribution in [0.1, 0.15) is 33.1 Å². The van der Waals surface area contributed by atoms with E-state index < -0.39 is 0 Å². The third-order valence-electron chi connectivity index (χ3n) is 3.02. The monoisotopic (exact) mass is 171 g/mol. The van der Waals surface area contributed by atoms with Crippen LogP contribution in [0.25, 0.3) is 0 Å². The van der Waals surface area contributed by atoms with Gasteiger partial charge in [0.2, 0.25) is 0 Å². The summed E-state index contributed by atoms with van der Waals surface area (Å²) >= 11 is 0. The third-order valence-corrected chi connectivity index (χ3v) is 3.02. The van der Waals surface area contributed by atoms with E-state index in [1.165, 1.54) is 25.9 Å². The minimum atomic E-state index is 0.324. The van der Waals surface area contributed by atoms with Gasteiger partial charge in [-0.25, -0.2) is 0 Å². The van der Waals surface area contributed by atoms with E-state index in [-0.39, 0.29) is 0 Å². The molecule has 0 spiro atoms.